The van der Waals surface area contributed by atoms with E-state index in [9.17, 15) is 0 Å². The van der Waals surface area contributed by atoms with Crippen LogP contribution in [0, 0.1) is 0 Å². The van der Waals surface area contributed by atoms with E-state index in [0.717, 1.165) is 34.1 Å². The van der Waals surface area contributed by atoms with E-state index >= 15 is 0 Å². The minimum Gasteiger partial charge on any atom is -0.464 e. The Morgan fingerprint density at radius 2 is 1.48 bits per heavy atom. The SMILES string of the molecule is c1ccc(-c2cccc(-c3cc(-c4ccco4)ccn3)n2)nc1. The van der Waals surface area contributed by atoms with Gasteiger partial charge < -0.3 is 4.42 Å². The fourth-order valence-electron chi connectivity index (χ4n) is 2.40. The summed E-state index contributed by atoms with van der Waals surface area (Å²) in [6.45, 7) is 0. The van der Waals surface area contributed by atoms with E-state index in [1.807, 2.05) is 60.7 Å². The van der Waals surface area contributed by atoms with Crippen LogP contribution in [0.1, 0.15) is 0 Å². The zero-order valence-corrected chi connectivity index (χ0v) is 12.3. The first-order chi connectivity index (χ1) is 11.4. The van der Waals surface area contributed by atoms with Gasteiger partial charge in [0.15, 0.2) is 0 Å². The molecule has 0 fully saturated rings. The van der Waals surface area contributed by atoms with Crippen LogP contribution in [0.4, 0.5) is 0 Å². The molecular weight excluding hydrogens is 286 g/mol. The maximum absolute atomic E-state index is 5.45. The van der Waals surface area contributed by atoms with Gasteiger partial charge in [-0.05, 0) is 48.5 Å². The molecule has 0 aromatic carbocycles. The van der Waals surface area contributed by atoms with Gasteiger partial charge in [-0.25, -0.2) is 4.98 Å². The lowest BCUT2D eigenvalue weighted by Crippen LogP contribution is -1.91. The molecule has 0 unspecified atom stereocenters. The van der Waals surface area contributed by atoms with Crippen molar-refractivity contribution >= 4 is 0 Å². The molecule has 4 aromatic rings. The van der Waals surface area contributed by atoms with Crippen molar-refractivity contribution in [3.63, 3.8) is 0 Å². The number of hydrogen-bond donors (Lipinski definition) is 0. The number of rotatable bonds is 3. The Kier molecular flexibility index (Phi) is 3.41. The fraction of sp³-hybridized carbons (Fsp3) is 0. The Balaban J connectivity index is 1.75. The Labute approximate surface area is 133 Å². The summed E-state index contributed by atoms with van der Waals surface area (Å²) in [6, 6.07) is 19.3. The molecule has 0 aliphatic carbocycles. The van der Waals surface area contributed by atoms with Gasteiger partial charge >= 0.3 is 0 Å². The topological polar surface area (TPSA) is 51.8 Å². The van der Waals surface area contributed by atoms with Crippen molar-refractivity contribution in [1.82, 2.24) is 15.0 Å². The second kappa shape index (κ2) is 5.85. The molecule has 4 nitrogen and oxygen atoms in total. The Morgan fingerprint density at radius 3 is 2.26 bits per heavy atom. The Hall–Kier alpha value is -3.27. The third kappa shape index (κ3) is 2.74. The van der Waals surface area contributed by atoms with Gasteiger partial charge in [-0.3, -0.25) is 9.97 Å². The van der Waals surface area contributed by atoms with E-state index in [1.165, 1.54) is 0 Å². The van der Waals surface area contributed by atoms with E-state index < -0.39 is 0 Å². The molecule has 4 aromatic heterocycles. The van der Waals surface area contributed by atoms with Gasteiger partial charge in [0.05, 0.1) is 29.0 Å². The monoisotopic (exact) mass is 299 g/mol. The Bertz CT molecular complexity index is 918. The highest BCUT2D eigenvalue weighted by atomic mass is 16.3. The minimum atomic E-state index is 0.802. The van der Waals surface area contributed by atoms with Crippen molar-refractivity contribution in [1.29, 1.82) is 0 Å². The lowest BCUT2D eigenvalue weighted by molar-refractivity contribution is 0.582. The van der Waals surface area contributed by atoms with E-state index in [2.05, 4.69) is 15.0 Å². The molecule has 0 saturated heterocycles. The maximum atomic E-state index is 5.45. The van der Waals surface area contributed by atoms with Gasteiger partial charge in [0.1, 0.15) is 5.76 Å². The molecule has 0 aliphatic heterocycles. The average molecular weight is 299 g/mol. The molecule has 0 bridgehead atoms. The second-order valence-corrected chi connectivity index (χ2v) is 5.03. The largest absolute Gasteiger partial charge is 0.464 e. The van der Waals surface area contributed by atoms with Crippen LogP contribution in [-0.2, 0) is 0 Å². The van der Waals surface area contributed by atoms with Gasteiger partial charge in [0.2, 0.25) is 0 Å². The fourth-order valence-corrected chi connectivity index (χ4v) is 2.40. The molecule has 110 valence electrons. The third-order valence-corrected chi connectivity index (χ3v) is 3.50. The summed E-state index contributed by atoms with van der Waals surface area (Å²) in [6.07, 6.45) is 5.19. The smallest absolute Gasteiger partial charge is 0.133 e. The lowest BCUT2D eigenvalue weighted by Gasteiger charge is -2.05. The number of furan rings is 1. The van der Waals surface area contributed by atoms with Gasteiger partial charge in [-0.2, -0.15) is 0 Å². The molecule has 0 aliphatic rings. The van der Waals surface area contributed by atoms with Crippen LogP contribution in [-0.4, -0.2) is 15.0 Å². The first kappa shape index (κ1) is 13.4. The first-order valence-corrected chi connectivity index (χ1v) is 7.29. The second-order valence-electron chi connectivity index (χ2n) is 5.03. The highest BCUT2D eigenvalue weighted by Gasteiger charge is 2.07. The normalized spacial score (nSPS) is 10.6. The van der Waals surface area contributed by atoms with Crippen LogP contribution in [0.15, 0.2) is 83.7 Å². The summed E-state index contributed by atoms with van der Waals surface area (Å²) in [5.41, 5.74) is 4.26. The molecular formula is C19H13N3O. The van der Waals surface area contributed by atoms with Crippen LogP contribution < -0.4 is 0 Å². The van der Waals surface area contributed by atoms with Gasteiger partial charge in [-0.1, -0.05) is 12.1 Å². The molecule has 0 radical (unpaired) electrons. The van der Waals surface area contributed by atoms with Crippen molar-refractivity contribution in [3.05, 3.63) is 79.3 Å². The molecule has 4 heteroatoms. The van der Waals surface area contributed by atoms with Crippen LogP contribution in [0.25, 0.3) is 34.1 Å². The van der Waals surface area contributed by atoms with Crippen LogP contribution in [0.5, 0.6) is 0 Å². The van der Waals surface area contributed by atoms with Crippen LogP contribution >= 0.6 is 0 Å². The van der Waals surface area contributed by atoms with Crippen molar-refractivity contribution in [3.8, 4) is 34.1 Å². The molecule has 0 N–H and O–H groups in total. The van der Waals surface area contributed by atoms with E-state index in [0.29, 0.717) is 0 Å². The number of pyridine rings is 3. The van der Waals surface area contributed by atoms with Crippen LogP contribution in [0.2, 0.25) is 0 Å². The molecule has 4 rings (SSSR count). The Morgan fingerprint density at radius 1 is 0.652 bits per heavy atom. The zero-order valence-electron chi connectivity index (χ0n) is 12.3. The molecule has 0 atom stereocenters. The summed E-state index contributed by atoms with van der Waals surface area (Å²) in [5.74, 6) is 0.814. The molecule has 0 spiro atoms. The van der Waals surface area contributed by atoms with Crippen molar-refractivity contribution in [2.75, 3.05) is 0 Å². The quantitative estimate of drug-likeness (QED) is 0.560. The molecule has 0 amide bonds. The third-order valence-electron chi connectivity index (χ3n) is 3.50. The number of aromatic nitrogens is 3. The number of hydrogen-bond acceptors (Lipinski definition) is 4. The average Bonchev–Trinajstić information content (AvgIpc) is 3.18. The predicted molar refractivity (Wildman–Crippen MR) is 88.4 cm³/mol. The predicted octanol–water partition coefficient (Wildman–Crippen LogP) is 4.47. The van der Waals surface area contributed by atoms with Crippen molar-refractivity contribution in [2.45, 2.75) is 0 Å². The minimum absolute atomic E-state index is 0.802. The zero-order chi connectivity index (χ0) is 15.5. The first-order valence-electron chi connectivity index (χ1n) is 7.29. The van der Waals surface area contributed by atoms with E-state index in [-0.39, 0.29) is 0 Å². The summed E-state index contributed by atoms with van der Waals surface area (Å²) < 4.78 is 5.45. The summed E-state index contributed by atoms with van der Waals surface area (Å²) >= 11 is 0. The van der Waals surface area contributed by atoms with Crippen LogP contribution in [0.3, 0.4) is 0 Å². The highest BCUT2D eigenvalue weighted by Crippen LogP contribution is 2.25. The summed E-state index contributed by atoms with van der Waals surface area (Å²) in [7, 11) is 0. The molecule has 0 saturated carbocycles. The summed E-state index contributed by atoms with van der Waals surface area (Å²) in [4.78, 5) is 13.5. The van der Waals surface area contributed by atoms with Gasteiger partial charge in [0.25, 0.3) is 0 Å². The van der Waals surface area contributed by atoms with Crippen molar-refractivity contribution in [2.24, 2.45) is 0 Å². The van der Waals surface area contributed by atoms with E-state index in [1.54, 1.807) is 18.7 Å². The lowest BCUT2D eigenvalue weighted by atomic mass is 10.1. The van der Waals surface area contributed by atoms with E-state index in [4.69, 9.17) is 4.42 Å². The molecule has 23 heavy (non-hydrogen) atoms. The van der Waals surface area contributed by atoms with Crippen molar-refractivity contribution < 1.29 is 4.42 Å². The van der Waals surface area contributed by atoms with Gasteiger partial charge in [0, 0.05) is 18.0 Å². The highest BCUT2D eigenvalue weighted by molar-refractivity contribution is 5.67. The number of nitrogens with zero attached hydrogens (tertiary/aromatic N) is 3. The van der Waals surface area contributed by atoms with Gasteiger partial charge in [-0.15, -0.1) is 0 Å². The maximum Gasteiger partial charge on any atom is 0.133 e. The summed E-state index contributed by atoms with van der Waals surface area (Å²) in [5, 5.41) is 0. The standard InChI is InChI=1S/C19H13N3O/c1-2-10-20-15(5-1)16-6-3-7-17(22-16)18-13-14(9-11-21-18)19-8-4-12-23-19/h1-13H. The molecule has 4 heterocycles.